The number of nitrogens with zero attached hydrogens (tertiary/aromatic N) is 2. The number of hydrogen-bond acceptors (Lipinski definition) is 3. The molecule has 0 atom stereocenters. The van der Waals surface area contributed by atoms with Crippen LogP contribution in [0.15, 0.2) is 18.2 Å². The highest BCUT2D eigenvalue weighted by Crippen LogP contribution is 2.24. The van der Waals surface area contributed by atoms with Gasteiger partial charge in [-0.25, -0.2) is 0 Å². The molecule has 5 heteroatoms. The summed E-state index contributed by atoms with van der Waals surface area (Å²) in [5.74, 6) is 0. The number of hydrogen-bond donors (Lipinski definition) is 0. The SMILES string of the molecule is CCCN(C)c1cc(I)cc([N+](=O)[O-])c1. The smallest absolute Gasteiger partial charge is 0.272 e. The summed E-state index contributed by atoms with van der Waals surface area (Å²) in [5, 5.41) is 10.7. The Labute approximate surface area is 103 Å². The quantitative estimate of drug-likeness (QED) is 0.487. The number of rotatable bonds is 4. The molecule has 1 aromatic carbocycles. The van der Waals surface area contributed by atoms with Gasteiger partial charge in [-0.2, -0.15) is 0 Å². The molecule has 0 saturated heterocycles. The van der Waals surface area contributed by atoms with Crippen LogP contribution in [-0.4, -0.2) is 18.5 Å². The van der Waals surface area contributed by atoms with Gasteiger partial charge in [-0.3, -0.25) is 10.1 Å². The molecule has 15 heavy (non-hydrogen) atoms. The van der Waals surface area contributed by atoms with Gasteiger partial charge in [-0.05, 0) is 35.1 Å². The van der Waals surface area contributed by atoms with E-state index in [1.807, 2.05) is 18.0 Å². The molecule has 1 aromatic rings. The van der Waals surface area contributed by atoms with Crippen LogP contribution >= 0.6 is 22.6 Å². The summed E-state index contributed by atoms with van der Waals surface area (Å²) in [5.41, 5.74) is 1.05. The zero-order valence-corrected chi connectivity index (χ0v) is 10.9. The van der Waals surface area contributed by atoms with Crippen LogP contribution in [0.5, 0.6) is 0 Å². The minimum Gasteiger partial charge on any atom is -0.374 e. The first-order valence-corrected chi connectivity index (χ1v) is 5.78. The van der Waals surface area contributed by atoms with Gasteiger partial charge in [0, 0.05) is 35.0 Å². The van der Waals surface area contributed by atoms with E-state index in [9.17, 15) is 10.1 Å². The van der Waals surface area contributed by atoms with Crippen LogP contribution in [0.2, 0.25) is 0 Å². The fourth-order valence-corrected chi connectivity index (χ4v) is 1.99. The summed E-state index contributed by atoms with van der Waals surface area (Å²) in [6.07, 6.45) is 1.02. The van der Waals surface area contributed by atoms with Crippen molar-refractivity contribution in [2.75, 3.05) is 18.5 Å². The summed E-state index contributed by atoms with van der Waals surface area (Å²) >= 11 is 2.10. The van der Waals surface area contributed by atoms with Crippen LogP contribution in [0.1, 0.15) is 13.3 Å². The lowest BCUT2D eigenvalue weighted by molar-refractivity contribution is -0.384. The third kappa shape index (κ3) is 3.33. The van der Waals surface area contributed by atoms with Gasteiger partial charge >= 0.3 is 0 Å². The van der Waals surface area contributed by atoms with Gasteiger partial charge in [0.2, 0.25) is 0 Å². The monoisotopic (exact) mass is 320 g/mol. The number of anilines is 1. The van der Waals surface area contributed by atoms with E-state index in [2.05, 4.69) is 29.5 Å². The Kier molecular flexibility index (Phi) is 4.31. The highest BCUT2D eigenvalue weighted by Gasteiger charge is 2.10. The molecule has 0 heterocycles. The van der Waals surface area contributed by atoms with Crippen molar-refractivity contribution in [2.24, 2.45) is 0 Å². The molecule has 0 aliphatic rings. The maximum Gasteiger partial charge on any atom is 0.272 e. The van der Waals surface area contributed by atoms with Crippen molar-refractivity contribution in [3.8, 4) is 0 Å². The van der Waals surface area contributed by atoms with Crippen molar-refractivity contribution in [3.05, 3.63) is 31.9 Å². The van der Waals surface area contributed by atoms with Crippen molar-refractivity contribution in [1.29, 1.82) is 0 Å². The molecule has 0 aliphatic heterocycles. The van der Waals surface area contributed by atoms with Gasteiger partial charge in [-0.15, -0.1) is 0 Å². The Morgan fingerprint density at radius 1 is 1.47 bits per heavy atom. The molecule has 0 fully saturated rings. The second-order valence-electron chi connectivity index (χ2n) is 3.35. The molecule has 0 saturated carbocycles. The van der Waals surface area contributed by atoms with Gasteiger partial charge in [-0.1, -0.05) is 6.92 Å². The van der Waals surface area contributed by atoms with Crippen LogP contribution in [0.3, 0.4) is 0 Å². The largest absolute Gasteiger partial charge is 0.374 e. The van der Waals surface area contributed by atoms with Crippen molar-refractivity contribution in [2.45, 2.75) is 13.3 Å². The van der Waals surface area contributed by atoms with E-state index in [-0.39, 0.29) is 10.6 Å². The van der Waals surface area contributed by atoms with Crippen LogP contribution in [0.4, 0.5) is 11.4 Å². The number of non-ortho nitro benzene ring substituents is 1. The molecule has 0 unspecified atom stereocenters. The van der Waals surface area contributed by atoms with Crippen LogP contribution in [0, 0.1) is 13.7 Å². The zero-order valence-electron chi connectivity index (χ0n) is 8.74. The third-order valence-electron chi connectivity index (χ3n) is 2.08. The lowest BCUT2D eigenvalue weighted by atomic mass is 10.2. The third-order valence-corrected chi connectivity index (χ3v) is 2.70. The average molecular weight is 320 g/mol. The van der Waals surface area contributed by atoms with E-state index >= 15 is 0 Å². The van der Waals surface area contributed by atoms with Crippen molar-refractivity contribution < 1.29 is 4.92 Å². The number of nitro benzene ring substituents is 1. The molecular weight excluding hydrogens is 307 g/mol. The Morgan fingerprint density at radius 2 is 2.13 bits per heavy atom. The minimum absolute atomic E-state index is 0.153. The van der Waals surface area contributed by atoms with E-state index in [1.165, 1.54) is 0 Å². The van der Waals surface area contributed by atoms with Crippen LogP contribution < -0.4 is 4.90 Å². The van der Waals surface area contributed by atoms with Crippen LogP contribution in [0.25, 0.3) is 0 Å². The Bertz CT molecular complexity index is 368. The molecular formula is C10H13IN2O2. The normalized spacial score (nSPS) is 10.1. The van der Waals surface area contributed by atoms with Crippen molar-refractivity contribution >= 4 is 34.0 Å². The molecule has 0 amide bonds. The predicted molar refractivity (Wildman–Crippen MR) is 69.4 cm³/mol. The molecule has 0 radical (unpaired) electrons. The van der Waals surface area contributed by atoms with Gasteiger partial charge in [0.15, 0.2) is 0 Å². The topological polar surface area (TPSA) is 46.4 Å². The van der Waals surface area contributed by atoms with Gasteiger partial charge in [0.25, 0.3) is 5.69 Å². The Hall–Kier alpha value is -0.850. The maximum atomic E-state index is 10.7. The molecule has 0 bridgehead atoms. The fourth-order valence-electron chi connectivity index (χ4n) is 1.35. The van der Waals surface area contributed by atoms with E-state index < -0.39 is 0 Å². The Morgan fingerprint density at radius 3 is 2.67 bits per heavy atom. The summed E-state index contributed by atoms with van der Waals surface area (Å²) < 4.78 is 0.889. The second-order valence-corrected chi connectivity index (χ2v) is 4.59. The molecule has 82 valence electrons. The lowest BCUT2D eigenvalue weighted by Gasteiger charge is -2.18. The van der Waals surface area contributed by atoms with E-state index in [1.54, 1.807) is 12.1 Å². The number of nitro groups is 1. The summed E-state index contributed by atoms with van der Waals surface area (Å²) in [7, 11) is 1.94. The van der Waals surface area contributed by atoms with Gasteiger partial charge < -0.3 is 4.90 Å². The minimum atomic E-state index is -0.356. The Balaban J connectivity index is 3.03. The van der Waals surface area contributed by atoms with Gasteiger partial charge in [0.05, 0.1) is 4.92 Å². The molecule has 0 N–H and O–H groups in total. The van der Waals surface area contributed by atoms with E-state index in [4.69, 9.17) is 0 Å². The van der Waals surface area contributed by atoms with E-state index in [0.29, 0.717) is 0 Å². The second kappa shape index (κ2) is 5.29. The number of benzene rings is 1. The first kappa shape index (κ1) is 12.2. The highest BCUT2D eigenvalue weighted by molar-refractivity contribution is 14.1. The molecule has 0 aliphatic carbocycles. The standard InChI is InChI=1S/C10H13IN2O2/c1-3-4-12(2)9-5-8(11)6-10(7-9)13(14)15/h5-7H,3-4H2,1-2H3. The fraction of sp³-hybridized carbons (Fsp3) is 0.400. The summed E-state index contributed by atoms with van der Waals surface area (Å²) in [6, 6.07) is 5.13. The molecule has 0 spiro atoms. The maximum absolute atomic E-state index is 10.7. The van der Waals surface area contributed by atoms with Gasteiger partial charge in [0.1, 0.15) is 0 Å². The lowest BCUT2D eigenvalue weighted by Crippen LogP contribution is -2.17. The van der Waals surface area contributed by atoms with Crippen molar-refractivity contribution in [1.82, 2.24) is 0 Å². The molecule has 4 nitrogen and oxygen atoms in total. The first-order valence-electron chi connectivity index (χ1n) is 4.70. The van der Waals surface area contributed by atoms with E-state index in [0.717, 1.165) is 22.2 Å². The van der Waals surface area contributed by atoms with Crippen LogP contribution in [-0.2, 0) is 0 Å². The van der Waals surface area contributed by atoms with Crippen molar-refractivity contribution in [3.63, 3.8) is 0 Å². The average Bonchev–Trinajstić information content (AvgIpc) is 2.17. The predicted octanol–water partition coefficient (Wildman–Crippen LogP) is 3.05. The highest BCUT2D eigenvalue weighted by atomic mass is 127. The molecule has 1 rings (SSSR count). The summed E-state index contributed by atoms with van der Waals surface area (Å²) in [4.78, 5) is 12.3. The first-order chi connectivity index (χ1) is 7.04. The molecule has 0 aromatic heterocycles. The number of halogens is 1. The summed E-state index contributed by atoms with van der Waals surface area (Å²) in [6.45, 7) is 2.98. The zero-order chi connectivity index (χ0) is 11.4.